The molecule has 0 saturated carbocycles. The van der Waals surface area contributed by atoms with Crippen LogP contribution in [0.1, 0.15) is 116 Å². The van der Waals surface area contributed by atoms with Gasteiger partial charge in [-0.15, -0.1) is 0 Å². The van der Waals surface area contributed by atoms with Gasteiger partial charge in [0.15, 0.2) is 29.7 Å². The molecule has 0 aliphatic carbocycles. The number of ketones is 2. The predicted molar refractivity (Wildman–Crippen MR) is 395 cm³/mol. The van der Waals surface area contributed by atoms with Gasteiger partial charge in [0.2, 0.25) is 41.6 Å². The van der Waals surface area contributed by atoms with Crippen LogP contribution in [0, 0.1) is 17.3 Å². The Bertz CT molecular complexity index is 4820. The molecular formula is C77H79Cl3N5O25P. The predicted octanol–water partition coefficient (Wildman–Crippen LogP) is 7.01. The number of carbonyl (C=O) groups excluding carboxylic acids is 7. The third-order valence-electron chi connectivity index (χ3n) is 20.7. The highest BCUT2D eigenvalue weighted by Crippen LogP contribution is 2.51. The fraction of sp³-hybridized carbons (Fsp3) is 0.364. The molecule has 17 atom stereocenters. The maximum Gasteiger partial charge on any atom is 0.344 e. The second kappa shape index (κ2) is 33.2. The van der Waals surface area contributed by atoms with Gasteiger partial charge < -0.3 is 111 Å². The Kier molecular flexibility index (Phi) is 24.3. The summed E-state index contributed by atoms with van der Waals surface area (Å²) < 4.78 is 51.7. The number of phenolic OH excluding ortho intramolecular Hbond substituents is 3. The van der Waals surface area contributed by atoms with Gasteiger partial charge in [-0.1, -0.05) is 103 Å². The number of halogens is 3. The first-order valence-corrected chi connectivity index (χ1v) is 38.1. The molecule has 0 radical (unpaired) electrons. The van der Waals surface area contributed by atoms with Gasteiger partial charge >= 0.3 is 7.60 Å². The summed E-state index contributed by atoms with van der Waals surface area (Å²) >= 11 is 20.4. The van der Waals surface area contributed by atoms with Crippen molar-refractivity contribution in [1.29, 1.82) is 0 Å². The third-order valence-corrected chi connectivity index (χ3v) is 22.1. The van der Waals surface area contributed by atoms with Crippen LogP contribution >= 0.6 is 42.4 Å². The average Bonchev–Trinajstić information content (AvgIpc) is 0.773. The molecule has 2 saturated heterocycles. The minimum absolute atomic E-state index is 0.0424. The van der Waals surface area contributed by atoms with Crippen LogP contribution in [0.4, 0.5) is 0 Å². The van der Waals surface area contributed by atoms with Crippen molar-refractivity contribution in [3.63, 3.8) is 0 Å². The molecule has 0 aromatic heterocycles. The van der Waals surface area contributed by atoms with Gasteiger partial charge in [0.1, 0.15) is 83.4 Å². The molecule has 34 heteroatoms. The van der Waals surface area contributed by atoms with E-state index in [0.717, 1.165) is 77.4 Å². The summed E-state index contributed by atoms with van der Waals surface area (Å²) in [7, 11) is -5.08. The summed E-state index contributed by atoms with van der Waals surface area (Å²) in [6.07, 6.45) is -19.9. The summed E-state index contributed by atoms with van der Waals surface area (Å²) in [5.41, 5.74) is 5.23. The Balaban J connectivity index is 1.03. The second-order valence-corrected chi connectivity index (χ2v) is 31.4. The van der Waals surface area contributed by atoms with Crippen molar-refractivity contribution in [2.24, 2.45) is 23.0 Å². The van der Waals surface area contributed by atoms with Crippen molar-refractivity contribution in [1.82, 2.24) is 21.3 Å². The minimum Gasteiger partial charge on any atom is -0.508 e. The lowest BCUT2D eigenvalue weighted by Gasteiger charge is -2.48. The number of hydrogen-bond donors (Lipinski definition) is 16. The van der Waals surface area contributed by atoms with E-state index in [1.165, 1.54) is 25.1 Å². The van der Waals surface area contributed by atoms with E-state index in [2.05, 4.69) is 16.0 Å². The summed E-state index contributed by atoms with van der Waals surface area (Å²) in [5, 5.41) is 115. The Labute approximate surface area is 648 Å². The van der Waals surface area contributed by atoms with Crippen LogP contribution in [-0.4, -0.2) is 165 Å². The highest BCUT2D eigenvalue weighted by Gasteiger charge is 2.52. The van der Waals surface area contributed by atoms with Gasteiger partial charge in [-0.25, -0.2) is 0 Å². The third kappa shape index (κ3) is 17.8. The fourth-order valence-corrected chi connectivity index (χ4v) is 15.4. The zero-order chi connectivity index (χ0) is 80.0. The SMILES string of the molecule is CC1C(=O)CC(CC(N)=O)C(=O)NC2C(=O)CC3C(=O)NC(C(=O)NC(C(=O)NCP(=O)(O)O)c4cc(O)cc(O)c4-c4cc3ccc4O)C(O)c3ccc(c(Cl)c3)Oc3cc2cc(c3O[C@@H]2O[C@H](CO)[C@@H](O)[C@H](O)[C@H]2O[C@H]2C[C@](C)(CCc3ccc(-c4ccc(Cl)cc4)cc3)[C@H](O)[C@H](C)O2)Oc2ccc(cc2Cl)C1O. The molecule has 8 unspecified atom stereocenters. The number of aryl methyl sites for hydroxylation is 1. The molecule has 7 heterocycles. The van der Waals surface area contributed by atoms with Gasteiger partial charge in [-0.3, -0.25) is 38.1 Å². The topological polar surface area (TPSA) is 489 Å². The largest absolute Gasteiger partial charge is 0.508 e. The number of rotatable bonds is 14. The van der Waals surface area contributed by atoms with Crippen molar-refractivity contribution in [3.05, 3.63) is 176 Å². The number of nitrogens with two attached hydrogens (primary N) is 1. The number of primary amides is 1. The number of Topliss-reactive ketones (excluding diaryl/α,β-unsaturated/α-hetero) is 2. The quantitative estimate of drug-likeness (QED) is 0.0487. The number of aliphatic hydroxyl groups is 6. The molecule has 0 spiro atoms. The van der Waals surface area contributed by atoms with E-state index in [1.54, 1.807) is 19.1 Å². The number of nitrogens with one attached hydrogen (secondary N) is 4. The standard InChI is InChI=1S/C77H79Cl3N5O25P/c1-33-51(89)23-42(26-59(81)92)72(98)83-62-41-24-56(106-54-16-11-39(65(33)93)21-48(54)79)69(110-76-70(68(96)67(95)58(31-86)108-76)109-60-30-77(3,71(97)34(2)105-60)19-18-35-4-6-36(7-5-35)37-8-13-43(78)14-9-37)57(25-41)107-55-17-12-40(22-49(55)80)66(94)64-75(101)84-63(74(100)82-32-111(102,103)104)47-27-44(87)28-52(90)61(47)46-20-38(10-15-50(46)88)45(29-53(62)91)73(99)85-64/h4-17,20-22,24-25,27-28,33-34,42,45,58,60,62-68,70-71,76,86-88,90,93-97H,18-19,23,26,29-32H2,1-3H3,(H2,81,92)(H,82,100)(H,83,98)(H,84,101)(H,85,99)(H2,102,103,104)/t33?,34-,42?,45?,58+,60-,62?,63?,64?,65?,66?,67+,68-,70+,71+,76-,77-/m0/s1. The molecule has 17 N–H and O–H groups in total. The Hall–Kier alpha value is -9.31. The van der Waals surface area contributed by atoms with E-state index in [9.17, 15) is 74.7 Å². The number of fused-ring (bicyclic) bond motifs is 15. The summed E-state index contributed by atoms with van der Waals surface area (Å²) in [4.78, 5) is 124. The first kappa shape index (κ1) is 81.2. The van der Waals surface area contributed by atoms with Crippen LogP contribution in [0.3, 0.4) is 0 Å². The smallest absolute Gasteiger partial charge is 0.344 e. The van der Waals surface area contributed by atoms with Gasteiger partial charge in [0.25, 0.3) is 0 Å². The van der Waals surface area contributed by atoms with E-state index in [4.69, 9.17) is 69.0 Å². The van der Waals surface area contributed by atoms with Crippen molar-refractivity contribution in [3.8, 4) is 68.2 Å². The molecule has 7 aromatic carbocycles. The molecule has 7 aliphatic rings. The fourth-order valence-electron chi connectivity index (χ4n) is 14.5. The lowest BCUT2D eigenvalue weighted by molar-refractivity contribution is -0.339. The number of amides is 5. The van der Waals surface area contributed by atoms with Gasteiger partial charge in [0, 0.05) is 59.2 Å². The normalized spacial score (nSPS) is 27.8. The van der Waals surface area contributed by atoms with E-state index >= 15 is 19.2 Å². The maximum absolute atomic E-state index is 16.2. The Morgan fingerprint density at radius 2 is 1.30 bits per heavy atom. The van der Waals surface area contributed by atoms with E-state index in [-0.39, 0.29) is 45.2 Å². The number of aliphatic hydroxyl groups excluding tert-OH is 6. The van der Waals surface area contributed by atoms with Crippen LogP contribution in [0.25, 0.3) is 22.3 Å². The van der Waals surface area contributed by atoms with E-state index in [0.29, 0.717) is 17.9 Å². The second-order valence-electron chi connectivity index (χ2n) is 28.5. The summed E-state index contributed by atoms with van der Waals surface area (Å²) in [6.45, 7) is 3.84. The molecule has 2 fully saturated rings. The van der Waals surface area contributed by atoms with E-state index in [1.807, 2.05) is 48.6 Å². The average molecular weight is 1610 g/mol. The van der Waals surface area contributed by atoms with Gasteiger partial charge in [0.05, 0.1) is 46.8 Å². The first-order valence-electron chi connectivity index (χ1n) is 35.1. The van der Waals surface area contributed by atoms with Crippen LogP contribution in [0.5, 0.6) is 46.0 Å². The van der Waals surface area contributed by atoms with Gasteiger partial charge in [-0.05, 0) is 131 Å². The van der Waals surface area contributed by atoms with Crippen molar-refractivity contribution >= 4 is 83.5 Å². The number of benzene rings is 7. The minimum atomic E-state index is -5.08. The Morgan fingerprint density at radius 3 is 1.91 bits per heavy atom. The number of hydrogen-bond acceptors (Lipinski definition) is 23. The Morgan fingerprint density at radius 1 is 0.676 bits per heavy atom. The molecule has 5 amide bonds. The highest BCUT2D eigenvalue weighted by molar-refractivity contribution is 7.51. The van der Waals surface area contributed by atoms with Crippen molar-refractivity contribution in [2.75, 3.05) is 12.9 Å². The van der Waals surface area contributed by atoms with E-state index < -0.39 is 240 Å². The molecular weight excluding hydrogens is 1530 g/mol. The zero-order valence-electron chi connectivity index (χ0n) is 59.3. The molecule has 30 nitrogen and oxygen atoms in total. The lowest BCUT2D eigenvalue weighted by atomic mass is 9.72. The van der Waals surface area contributed by atoms with Crippen LogP contribution in [-0.2, 0) is 58.8 Å². The molecule has 11 bridgehead atoms. The molecule has 588 valence electrons. The lowest BCUT2D eigenvalue weighted by Crippen LogP contribution is -2.62. The number of ether oxygens (including phenoxy) is 6. The van der Waals surface area contributed by atoms with Crippen LogP contribution in [0.15, 0.2) is 127 Å². The molecule has 7 aromatic rings. The van der Waals surface area contributed by atoms with Gasteiger partial charge in [-0.2, -0.15) is 0 Å². The molecule has 14 rings (SSSR count). The number of phenols is 3. The van der Waals surface area contributed by atoms with Crippen LogP contribution in [0.2, 0.25) is 15.1 Å². The summed E-state index contributed by atoms with van der Waals surface area (Å²) in [5.74, 6) is -18.0. The van der Waals surface area contributed by atoms with Crippen molar-refractivity contribution in [2.45, 2.75) is 145 Å². The van der Waals surface area contributed by atoms with Crippen molar-refractivity contribution < 1.29 is 122 Å². The molecule has 7 aliphatic heterocycles. The first-order chi connectivity index (χ1) is 52.5. The monoisotopic (exact) mass is 1610 g/mol. The number of aromatic hydroxyl groups is 3. The maximum atomic E-state index is 16.2. The summed E-state index contributed by atoms with van der Waals surface area (Å²) in [6, 6.07) is 22.9. The zero-order valence-corrected chi connectivity index (χ0v) is 62.5. The van der Waals surface area contributed by atoms with Crippen LogP contribution < -0.4 is 41.2 Å². The number of carbonyl (C=O) groups is 7. The molecule has 111 heavy (non-hydrogen) atoms. The highest BCUT2D eigenvalue weighted by atomic mass is 35.5.